The highest BCUT2D eigenvalue weighted by atomic mass is 16.5. The fourth-order valence-corrected chi connectivity index (χ4v) is 3.04. The van der Waals surface area contributed by atoms with Crippen molar-refractivity contribution in [3.63, 3.8) is 0 Å². The highest BCUT2D eigenvalue weighted by Gasteiger charge is 2.40. The van der Waals surface area contributed by atoms with Gasteiger partial charge in [-0.25, -0.2) is 0 Å². The smallest absolute Gasteiger partial charge is 0.227 e. The summed E-state index contributed by atoms with van der Waals surface area (Å²) in [5, 5.41) is 3.18. The second-order valence-electron chi connectivity index (χ2n) is 5.57. The predicted octanol–water partition coefficient (Wildman–Crippen LogP) is 1.19. The van der Waals surface area contributed by atoms with Gasteiger partial charge in [0.1, 0.15) is 0 Å². The van der Waals surface area contributed by atoms with Crippen LogP contribution in [0.5, 0.6) is 0 Å². The first-order valence-electron chi connectivity index (χ1n) is 6.79. The van der Waals surface area contributed by atoms with E-state index in [4.69, 9.17) is 10.5 Å². The summed E-state index contributed by atoms with van der Waals surface area (Å²) in [5.74, 6) is 0.177. The first kappa shape index (κ1) is 12.8. The second-order valence-corrected chi connectivity index (χ2v) is 5.57. The summed E-state index contributed by atoms with van der Waals surface area (Å²) >= 11 is 0. The molecule has 1 saturated heterocycles. The first-order valence-corrected chi connectivity index (χ1v) is 6.79. The largest absolute Gasteiger partial charge is 0.378 e. The van der Waals surface area contributed by atoms with E-state index in [0.717, 1.165) is 45.1 Å². The van der Waals surface area contributed by atoms with Gasteiger partial charge in [-0.2, -0.15) is 0 Å². The average molecular weight is 240 g/mol. The highest BCUT2D eigenvalue weighted by Crippen LogP contribution is 2.37. The highest BCUT2D eigenvalue weighted by molar-refractivity contribution is 5.83. The number of nitrogens with one attached hydrogen (secondary N) is 1. The molecule has 1 aliphatic heterocycles. The van der Waals surface area contributed by atoms with Crippen LogP contribution in [-0.2, 0) is 9.53 Å². The predicted molar refractivity (Wildman–Crippen MR) is 66.5 cm³/mol. The number of nitrogens with two attached hydrogens (primary N) is 1. The van der Waals surface area contributed by atoms with Crippen molar-refractivity contribution in [1.82, 2.24) is 5.32 Å². The lowest BCUT2D eigenvalue weighted by atomic mass is 9.84. The molecule has 2 fully saturated rings. The molecule has 0 spiro atoms. The summed E-state index contributed by atoms with van der Waals surface area (Å²) in [5.41, 5.74) is 5.54. The van der Waals surface area contributed by atoms with Crippen LogP contribution < -0.4 is 11.1 Å². The molecule has 2 aliphatic rings. The van der Waals surface area contributed by atoms with Gasteiger partial charge in [-0.05, 0) is 32.6 Å². The normalized spacial score (nSPS) is 32.4. The molecule has 1 heterocycles. The summed E-state index contributed by atoms with van der Waals surface area (Å²) in [6.45, 7) is 3.30. The fraction of sp³-hybridized carbons (Fsp3) is 0.923. The van der Waals surface area contributed by atoms with Crippen LogP contribution in [0.1, 0.15) is 45.4 Å². The molecule has 1 aliphatic carbocycles. The molecule has 17 heavy (non-hydrogen) atoms. The number of rotatable bonds is 3. The Balaban J connectivity index is 1.91. The number of carbonyl (C=O) groups is 1. The van der Waals surface area contributed by atoms with Gasteiger partial charge in [0.05, 0.1) is 11.5 Å². The third kappa shape index (κ3) is 2.80. The molecule has 4 heteroatoms. The van der Waals surface area contributed by atoms with Crippen molar-refractivity contribution in [2.45, 2.75) is 57.6 Å². The lowest BCUT2D eigenvalue weighted by Gasteiger charge is -2.32. The van der Waals surface area contributed by atoms with Gasteiger partial charge in [0.2, 0.25) is 5.91 Å². The van der Waals surface area contributed by atoms with E-state index < -0.39 is 0 Å². The number of ether oxygens (including phenoxy) is 1. The summed E-state index contributed by atoms with van der Waals surface area (Å²) in [7, 11) is 0. The maximum atomic E-state index is 12.3. The number of hydrogen-bond acceptors (Lipinski definition) is 3. The third-order valence-electron chi connectivity index (χ3n) is 4.25. The van der Waals surface area contributed by atoms with Crippen molar-refractivity contribution < 1.29 is 9.53 Å². The Hall–Kier alpha value is -0.610. The number of carbonyl (C=O) groups excluding carboxylic acids is 1. The topological polar surface area (TPSA) is 64.4 Å². The van der Waals surface area contributed by atoms with Crippen molar-refractivity contribution >= 4 is 5.91 Å². The molecule has 0 radical (unpaired) electrons. The van der Waals surface area contributed by atoms with Gasteiger partial charge in [0.25, 0.3) is 0 Å². The van der Waals surface area contributed by atoms with Crippen LogP contribution >= 0.6 is 0 Å². The van der Waals surface area contributed by atoms with Crippen LogP contribution in [0.4, 0.5) is 0 Å². The minimum Gasteiger partial charge on any atom is -0.378 e. The van der Waals surface area contributed by atoms with Crippen molar-refractivity contribution in [1.29, 1.82) is 0 Å². The minimum absolute atomic E-state index is 0.177. The molecule has 98 valence electrons. The molecule has 1 saturated carbocycles. The number of hydrogen-bond donors (Lipinski definition) is 2. The molecule has 0 aromatic heterocycles. The summed E-state index contributed by atoms with van der Waals surface area (Å²) in [6.07, 6.45) is 6.28. The molecular formula is C13H24N2O2. The first-order chi connectivity index (χ1) is 8.16. The monoisotopic (exact) mass is 240 g/mol. The van der Waals surface area contributed by atoms with Crippen molar-refractivity contribution in [2.24, 2.45) is 11.1 Å². The molecule has 0 aromatic carbocycles. The van der Waals surface area contributed by atoms with Crippen molar-refractivity contribution in [3.05, 3.63) is 0 Å². The Bertz CT molecular complexity index is 275. The molecule has 2 atom stereocenters. The van der Waals surface area contributed by atoms with E-state index in [-0.39, 0.29) is 23.5 Å². The van der Waals surface area contributed by atoms with Gasteiger partial charge < -0.3 is 15.8 Å². The molecule has 0 bridgehead atoms. The van der Waals surface area contributed by atoms with Gasteiger partial charge in [-0.3, -0.25) is 4.79 Å². The van der Waals surface area contributed by atoms with E-state index >= 15 is 0 Å². The van der Waals surface area contributed by atoms with E-state index in [1.807, 2.05) is 0 Å². The Morgan fingerprint density at radius 2 is 2.18 bits per heavy atom. The van der Waals surface area contributed by atoms with Crippen molar-refractivity contribution in [2.75, 3.05) is 13.2 Å². The lowest BCUT2D eigenvalue weighted by molar-refractivity contribution is -0.132. The Morgan fingerprint density at radius 3 is 2.76 bits per heavy atom. The third-order valence-corrected chi connectivity index (χ3v) is 4.25. The van der Waals surface area contributed by atoms with Crippen LogP contribution in [-0.4, -0.2) is 31.2 Å². The van der Waals surface area contributed by atoms with Crippen LogP contribution in [0.2, 0.25) is 0 Å². The van der Waals surface area contributed by atoms with Gasteiger partial charge in [-0.1, -0.05) is 12.8 Å². The van der Waals surface area contributed by atoms with E-state index in [0.29, 0.717) is 6.54 Å². The van der Waals surface area contributed by atoms with Crippen LogP contribution in [0.3, 0.4) is 0 Å². The van der Waals surface area contributed by atoms with Gasteiger partial charge in [-0.15, -0.1) is 0 Å². The summed E-state index contributed by atoms with van der Waals surface area (Å²) in [4.78, 5) is 12.3. The summed E-state index contributed by atoms with van der Waals surface area (Å²) < 4.78 is 5.49. The molecular weight excluding hydrogens is 216 g/mol. The van der Waals surface area contributed by atoms with Crippen molar-refractivity contribution in [3.8, 4) is 0 Å². The van der Waals surface area contributed by atoms with E-state index in [1.54, 1.807) is 0 Å². The Labute approximate surface area is 103 Å². The Kier molecular flexibility index (Phi) is 4.05. The van der Waals surface area contributed by atoms with Gasteiger partial charge in [0.15, 0.2) is 0 Å². The lowest BCUT2D eigenvalue weighted by Crippen LogP contribution is -2.50. The fourth-order valence-electron chi connectivity index (χ4n) is 3.04. The number of amides is 1. The zero-order chi connectivity index (χ0) is 12.3. The quantitative estimate of drug-likeness (QED) is 0.779. The minimum atomic E-state index is -0.276. The van der Waals surface area contributed by atoms with E-state index in [2.05, 4.69) is 12.2 Å². The molecule has 0 aromatic rings. The Morgan fingerprint density at radius 1 is 1.47 bits per heavy atom. The van der Waals surface area contributed by atoms with E-state index in [9.17, 15) is 4.79 Å². The summed E-state index contributed by atoms with van der Waals surface area (Å²) in [6, 6.07) is 0.273. The van der Waals surface area contributed by atoms with Gasteiger partial charge >= 0.3 is 0 Å². The molecule has 1 amide bonds. The van der Waals surface area contributed by atoms with Crippen LogP contribution in [0, 0.1) is 5.41 Å². The molecule has 4 nitrogen and oxygen atoms in total. The second kappa shape index (κ2) is 5.36. The van der Waals surface area contributed by atoms with E-state index in [1.165, 1.54) is 0 Å². The average Bonchev–Trinajstić information content (AvgIpc) is 2.78. The molecule has 2 unspecified atom stereocenters. The van der Waals surface area contributed by atoms with Crippen LogP contribution in [0.15, 0.2) is 0 Å². The van der Waals surface area contributed by atoms with Crippen LogP contribution in [0.25, 0.3) is 0 Å². The maximum Gasteiger partial charge on any atom is 0.227 e. The molecule has 2 rings (SSSR count). The standard InChI is InChI=1S/C13H24N2O2/c1-10-8-11(4-7-17-10)15-12(16)13(9-14)5-2-3-6-13/h10-11H,2-9,14H2,1H3,(H,15,16). The van der Waals surface area contributed by atoms with Gasteiger partial charge in [0, 0.05) is 19.2 Å². The zero-order valence-corrected chi connectivity index (χ0v) is 10.7. The zero-order valence-electron chi connectivity index (χ0n) is 10.7. The molecule has 3 N–H and O–H groups in total. The SMILES string of the molecule is CC1CC(NC(=O)C2(CN)CCCC2)CCO1. The maximum absolute atomic E-state index is 12.3.